The van der Waals surface area contributed by atoms with Crippen LogP contribution in [-0.2, 0) is 80.0 Å². The summed E-state index contributed by atoms with van der Waals surface area (Å²) in [6.07, 6.45) is -4.91. The molecule has 2 aromatic carbocycles. The monoisotopic (exact) mass is 1300 g/mol. The highest BCUT2D eigenvalue weighted by atomic mass is 16.4. The second-order valence-corrected chi connectivity index (χ2v) is 21.7. The summed E-state index contributed by atoms with van der Waals surface area (Å²) in [6.45, 7) is 6.34. The second-order valence-electron chi connectivity index (χ2n) is 21.7. The zero-order valence-corrected chi connectivity index (χ0v) is 51.2. The number of aliphatic imine (C=N–C) groups is 1. The largest absolute Gasteiger partial charge is 0.508 e. The Labute approximate surface area is 526 Å². The third-order valence-corrected chi connectivity index (χ3v) is 13.2. The molecule has 0 aliphatic rings. The van der Waals surface area contributed by atoms with E-state index in [1.54, 1.807) is 13.8 Å². The number of rotatable bonds is 39. The number of hydrogen-bond acceptors (Lipinski definition) is 20. The number of nitrogens with two attached hydrogens (primary N) is 3. The number of guanidine groups is 1. The molecule has 0 saturated heterocycles. The number of nitrogens with one attached hydrogen (secondary N) is 11. The van der Waals surface area contributed by atoms with Crippen molar-refractivity contribution in [1.29, 1.82) is 0 Å². The molecule has 36 heteroatoms. The first-order valence-electron chi connectivity index (χ1n) is 28.6. The maximum atomic E-state index is 14.5. The number of phenols is 2. The number of hydrogen-bond donors (Lipinski definition) is 21. The zero-order chi connectivity index (χ0) is 69.7. The Morgan fingerprint density at radius 1 is 0.478 bits per heavy atom. The van der Waals surface area contributed by atoms with E-state index in [9.17, 15) is 103 Å². The van der Waals surface area contributed by atoms with E-state index in [4.69, 9.17) is 17.2 Å². The summed E-state index contributed by atoms with van der Waals surface area (Å²) in [5, 5.41) is 94.9. The Hall–Kier alpha value is -10.2. The Bertz CT molecular complexity index is 2960. The Morgan fingerprint density at radius 2 is 0.880 bits per heavy atom. The van der Waals surface area contributed by atoms with Gasteiger partial charge in [0.25, 0.3) is 0 Å². The number of benzene rings is 2. The van der Waals surface area contributed by atoms with Crippen LogP contribution in [0, 0.1) is 5.92 Å². The standard InChI is InChI=1S/C56H83N15O21/c1-25(2)18-35(65-45(81)26(3)57)48(84)61-23-41(76)62-27(4)46(82)66-38(21-42(77)78)50(86)69-39(22-43(79)80)51(87)70-40(24-72)53(89)68-36(19-30-9-13-32(74)14-10-30)49(85)67-37(20-31-11-15-33(75)16-12-31)52(88)71-44(29(6)73)54(90)63-28(5)47(83)64-34(55(91)92)8-7-17-60-56(58)59/h9-16,25-29,34-40,44,72-75H,7-8,17-24,57H2,1-6H3,(H,61,84)(H,62,76)(H,63,90)(H,64,83)(H,65,81)(H,66,82)(H,67,85)(H,68,89)(H,69,86)(H,70,87)(H,71,88)(H,77,78)(H,79,80)(H,91,92)(H4,58,59,60)/t26-,27-,28-,29+,34-,35-,36-,37-,38-,39-,40-,44-/m0/s1. The molecular weight excluding hydrogens is 1220 g/mol. The van der Waals surface area contributed by atoms with Crippen LogP contribution in [0.5, 0.6) is 11.5 Å². The van der Waals surface area contributed by atoms with Crippen molar-refractivity contribution in [2.75, 3.05) is 19.7 Å². The van der Waals surface area contributed by atoms with Crippen molar-refractivity contribution >= 4 is 88.8 Å². The van der Waals surface area contributed by atoms with Crippen molar-refractivity contribution in [3.05, 3.63) is 59.7 Å². The third-order valence-electron chi connectivity index (χ3n) is 13.2. The topological polar surface area (TPSA) is 603 Å². The molecule has 0 aliphatic heterocycles. The van der Waals surface area contributed by atoms with Crippen LogP contribution in [0.2, 0.25) is 0 Å². The summed E-state index contributed by atoms with van der Waals surface area (Å²) in [5.74, 6) is -18.0. The molecule has 11 amide bonds. The summed E-state index contributed by atoms with van der Waals surface area (Å²) in [7, 11) is 0. The van der Waals surface area contributed by atoms with Crippen molar-refractivity contribution in [2.45, 2.75) is 159 Å². The number of carboxylic acids is 3. The number of amides is 11. The number of nitrogens with zero attached hydrogens (tertiary/aromatic N) is 1. The Morgan fingerprint density at radius 3 is 1.30 bits per heavy atom. The molecule has 0 aromatic heterocycles. The van der Waals surface area contributed by atoms with Gasteiger partial charge in [-0.15, -0.1) is 0 Å². The van der Waals surface area contributed by atoms with Gasteiger partial charge < -0.3 is 111 Å². The molecule has 12 atom stereocenters. The van der Waals surface area contributed by atoms with Gasteiger partial charge >= 0.3 is 17.9 Å². The summed E-state index contributed by atoms with van der Waals surface area (Å²) in [5.41, 5.74) is 16.7. The number of aromatic hydroxyl groups is 2. The van der Waals surface area contributed by atoms with Gasteiger partial charge in [0, 0.05) is 19.4 Å². The van der Waals surface area contributed by atoms with Crippen LogP contribution in [0.3, 0.4) is 0 Å². The predicted molar refractivity (Wildman–Crippen MR) is 321 cm³/mol. The van der Waals surface area contributed by atoms with E-state index in [-0.39, 0.29) is 60.3 Å². The number of aliphatic hydroxyl groups excluding tert-OH is 2. The summed E-state index contributed by atoms with van der Waals surface area (Å²) in [4.78, 5) is 188. The Balaban J connectivity index is 2.40. The van der Waals surface area contributed by atoms with Gasteiger partial charge in [0.2, 0.25) is 65.0 Å². The lowest BCUT2D eigenvalue weighted by molar-refractivity contribution is -0.143. The molecule has 0 fully saturated rings. The SMILES string of the molecule is CC(C)C[C@H](NC(=O)[C@H](C)N)C(=O)NCC(=O)N[C@@H](C)C(=O)N[C@@H](CC(=O)O)C(=O)N[C@@H](CC(=O)O)C(=O)N[C@@H](CO)C(=O)N[C@@H](Cc1ccc(O)cc1)C(=O)N[C@@H](Cc1ccc(O)cc1)C(=O)N[C@H](C(=O)N[C@@H](C)C(=O)N[C@@H](CCCN=C(N)N)C(=O)O)[C@@H](C)O. The van der Waals surface area contributed by atoms with Crippen molar-refractivity contribution in [3.63, 3.8) is 0 Å². The van der Waals surface area contributed by atoms with Gasteiger partial charge in [-0.05, 0) is 88.3 Å². The average Bonchev–Trinajstić information content (AvgIpc) is 2.06. The third kappa shape index (κ3) is 28.5. The molecule has 0 unspecified atom stereocenters. The molecule has 0 aliphatic carbocycles. The summed E-state index contributed by atoms with van der Waals surface area (Å²) < 4.78 is 0. The van der Waals surface area contributed by atoms with E-state index in [0.29, 0.717) is 0 Å². The van der Waals surface area contributed by atoms with Gasteiger partial charge in [-0.25, -0.2) is 4.79 Å². The molecule has 36 nitrogen and oxygen atoms in total. The smallest absolute Gasteiger partial charge is 0.326 e. The fourth-order valence-electron chi connectivity index (χ4n) is 8.24. The molecule has 2 rings (SSSR count). The molecule has 92 heavy (non-hydrogen) atoms. The van der Waals surface area contributed by atoms with Gasteiger partial charge in [-0.1, -0.05) is 38.1 Å². The fraction of sp³-hybridized carbons (Fsp3) is 0.518. The van der Waals surface area contributed by atoms with Crippen LogP contribution in [0.1, 0.15) is 84.8 Å². The van der Waals surface area contributed by atoms with E-state index in [2.05, 4.69) is 52.8 Å². The normalized spacial score (nSPS) is 14.8. The number of phenolic OH excluding ortho intramolecular Hbond substituents is 2. The lowest BCUT2D eigenvalue weighted by atomic mass is 10.0. The van der Waals surface area contributed by atoms with Gasteiger partial charge in [0.1, 0.15) is 71.9 Å². The van der Waals surface area contributed by atoms with E-state index in [0.717, 1.165) is 13.8 Å². The van der Waals surface area contributed by atoms with Crippen LogP contribution >= 0.6 is 0 Å². The minimum atomic E-state index is -2.20. The highest BCUT2D eigenvalue weighted by Crippen LogP contribution is 2.15. The highest BCUT2D eigenvalue weighted by Gasteiger charge is 2.37. The maximum absolute atomic E-state index is 14.5. The molecule has 0 heterocycles. The maximum Gasteiger partial charge on any atom is 0.326 e. The number of aliphatic hydroxyl groups is 2. The van der Waals surface area contributed by atoms with Crippen LogP contribution in [0.15, 0.2) is 53.5 Å². The minimum Gasteiger partial charge on any atom is -0.508 e. The number of carboxylic acid groups (broad SMARTS) is 3. The Kier molecular flexibility index (Phi) is 32.5. The zero-order valence-electron chi connectivity index (χ0n) is 51.2. The molecule has 508 valence electrons. The average molecular weight is 1300 g/mol. The lowest BCUT2D eigenvalue weighted by Crippen LogP contribution is -2.62. The summed E-state index contributed by atoms with van der Waals surface area (Å²) in [6, 6.07) is -8.04. The van der Waals surface area contributed by atoms with E-state index < -0.39 is 194 Å². The first-order valence-corrected chi connectivity index (χ1v) is 28.6. The quantitative estimate of drug-likeness (QED) is 0.0168. The van der Waals surface area contributed by atoms with Crippen LogP contribution < -0.4 is 75.7 Å². The molecule has 2 aromatic rings. The summed E-state index contributed by atoms with van der Waals surface area (Å²) >= 11 is 0. The molecule has 0 bridgehead atoms. The second kappa shape index (κ2) is 38.3. The molecule has 0 radical (unpaired) electrons. The first-order chi connectivity index (χ1) is 43.0. The molecular formula is C56H83N15O21. The van der Waals surface area contributed by atoms with Crippen LogP contribution in [0.4, 0.5) is 0 Å². The number of aliphatic carboxylic acids is 3. The predicted octanol–water partition coefficient (Wildman–Crippen LogP) is -7.26. The van der Waals surface area contributed by atoms with E-state index >= 15 is 0 Å². The van der Waals surface area contributed by atoms with Crippen molar-refractivity contribution < 1.29 is 103 Å². The van der Waals surface area contributed by atoms with Crippen molar-refractivity contribution in [1.82, 2.24) is 58.5 Å². The highest BCUT2D eigenvalue weighted by molar-refractivity contribution is 6.00. The van der Waals surface area contributed by atoms with Gasteiger partial charge in [0.15, 0.2) is 5.96 Å². The van der Waals surface area contributed by atoms with Crippen LogP contribution in [-0.4, -0.2) is 217 Å². The van der Waals surface area contributed by atoms with E-state index in [1.165, 1.54) is 62.4 Å². The van der Waals surface area contributed by atoms with Gasteiger partial charge in [-0.2, -0.15) is 0 Å². The fourth-order valence-corrected chi connectivity index (χ4v) is 8.24. The van der Waals surface area contributed by atoms with E-state index in [1.807, 2.05) is 10.6 Å². The number of carbonyl (C=O) groups is 14. The molecule has 0 spiro atoms. The van der Waals surface area contributed by atoms with Gasteiger partial charge in [0.05, 0.1) is 38.1 Å². The van der Waals surface area contributed by atoms with Gasteiger partial charge in [-0.3, -0.25) is 67.3 Å². The first kappa shape index (κ1) is 77.9. The van der Waals surface area contributed by atoms with Crippen molar-refractivity contribution in [3.8, 4) is 11.5 Å². The lowest BCUT2D eigenvalue weighted by Gasteiger charge is -2.28. The molecule has 24 N–H and O–H groups in total. The van der Waals surface area contributed by atoms with Crippen LogP contribution in [0.25, 0.3) is 0 Å². The van der Waals surface area contributed by atoms with Crippen molar-refractivity contribution in [2.24, 2.45) is 28.1 Å². The number of carbonyl (C=O) groups excluding carboxylic acids is 11. The molecule has 0 saturated carbocycles. The minimum absolute atomic E-state index is 0.0378.